The van der Waals surface area contributed by atoms with Crippen LogP contribution >= 0.6 is 0 Å². The highest BCUT2D eigenvalue weighted by Crippen LogP contribution is 2.29. The Labute approximate surface area is 98.2 Å². The Balaban J connectivity index is 1.86. The summed E-state index contributed by atoms with van der Waals surface area (Å²) in [7, 11) is -2.91. The van der Waals surface area contributed by atoms with Gasteiger partial charge in [0.2, 0.25) is 0 Å². The van der Waals surface area contributed by atoms with Gasteiger partial charge in [-0.15, -0.1) is 0 Å². The molecule has 0 aromatic heterocycles. The molecule has 1 fully saturated rings. The zero-order valence-corrected chi connectivity index (χ0v) is 10.8. The Kier molecular flexibility index (Phi) is 3.40. The first kappa shape index (κ1) is 12.1. The second-order valence-electron chi connectivity index (χ2n) is 5.40. The first-order valence-corrected chi connectivity index (χ1v) is 7.85. The summed E-state index contributed by atoms with van der Waals surface area (Å²) in [5.41, 5.74) is 0. The maximum atomic E-state index is 11.3. The third-order valence-corrected chi connectivity index (χ3v) is 5.37. The van der Waals surface area contributed by atoms with E-state index in [2.05, 4.69) is 19.2 Å². The molecule has 16 heavy (non-hydrogen) atoms. The van der Waals surface area contributed by atoms with Crippen molar-refractivity contribution in [2.45, 2.75) is 45.2 Å². The molecule has 0 amide bonds. The second-order valence-corrected chi connectivity index (χ2v) is 7.33. The van der Waals surface area contributed by atoms with E-state index in [-0.39, 0.29) is 11.8 Å². The molecule has 2 aliphatic rings. The first-order chi connectivity index (χ1) is 7.46. The number of hydrogen-bond acceptors (Lipinski definition) is 3. The van der Waals surface area contributed by atoms with Gasteiger partial charge in [-0.25, -0.2) is 8.42 Å². The lowest BCUT2D eigenvalue weighted by atomic mass is 9.79. The number of nitrogens with one attached hydrogen (secondary N) is 1. The van der Waals surface area contributed by atoms with Gasteiger partial charge in [0.05, 0.1) is 5.75 Å². The summed E-state index contributed by atoms with van der Waals surface area (Å²) in [6.45, 7) is 4.60. The maximum absolute atomic E-state index is 11.3. The van der Waals surface area contributed by atoms with Crippen molar-refractivity contribution in [3.8, 4) is 0 Å². The quantitative estimate of drug-likeness (QED) is 0.803. The molecule has 92 valence electrons. The van der Waals surface area contributed by atoms with Gasteiger partial charge < -0.3 is 5.32 Å². The third kappa shape index (κ3) is 2.86. The van der Waals surface area contributed by atoms with Crippen molar-refractivity contribution in [3.63, 3.8) is 0 Å². The molecule has 0 saturated heterocycles. The molecule has 1 aliphatic heterocycles. The summed E-state index contributed by atoms with van der Waals surface area (Å²) < 4.78 is 22.5. The molecule has 0 bridgehead atoms. The molecular weight excluding hydrogens is 222 g/mol. The highest BCUT2D eigenvalue weighted by Gasteiger charge is 2.28. The van der Waals surface area contributed by atoms with E-state index in [4.69, 9.17) is 0 Å². The first-order valence-electron chi connectivity index (χ1n) is 6.13. The lowest BCUT2D eigenvalue weighted by Gasteiger charge is -2.33. The Morgan fingerprint density at radius 3 is 2.50 bits per heavy atom. The van der Waals surface area contributed by atoms with Crippen molar-refractivity contribution >= 4 is 9.84 Å². The molecule has 4 heteroatoms. The van der Waals surface area contributed by atoms with Crippen LogP contribution in [0.4, 0.5) is 0 Å². The minimum absolute atomic E-state index is 0.0376. The summed E-state index contributed by atoms with van der Waals surface area (Å²) in [6, 6.07) is 0.532. The summed E-state index contributed by atoms with van der Waals surface area (Å²) in [5, 5.41) is 4.81. The number of rotatable bonds is 2. The topological polar surface area (TPSA) is 46.2 Å². The van der Waals surface area contributed by atoms with E-state index in [0.29, 0.717) is 6.04 Å². The molecule has 0 radical (unpaired) electrons. The Bertz CT molecular complexity index is 374. The van der Waals surface area contributed by atoms with E-state index in [9.17, 15) is 8.42 Å². The van der Waals surface area contributed by atoms with Gasteiger partial charge in [0.1, 0.15) is 0 Å². The third-order valence-electron chi connectivity index (χ3n) is 3.98. The molecule has 4 unspecified atom stereocenters. The molecule has 4 atom stereocenters. The van der Waals surface area contributed by atoms with Crippen molar-refractivity contribution in [2.75, 3.05) is 5.75 Å². The van der Waals surface area contributed by atoms with Gasteiger partial charge in [-0.3, -0.25) is 0 Å². The Morgan fingerprint density at radius 1 is 1.19 bits per heavy atom. The molecular formula is C12H21NO2S. The van der Waals surface area contributed by atoms with E-state index >= 15 is 0 Å². The van der Waals surface area contributed by atoms with Gasteiger partial charge in [-0.05, 0) is 31.1 Å². The monoisotopic (exact) mass is 243 g/mol. The predicted octanol–water partition coefficient (Wildman–Crippen LogP) is 1.71. The SMILES string of the molecule is CC1CCC(NC2C=CS(=O)(=O)C2)CC1C. The minimum atomic E-state index is -2.91. The van der Waals surface area contributed by atoms with Crippen LogP contribution < -0.4 is 5.32 Å². The van der Waals surface area contributed by atoms with Gasteiger partial charge >= 0.3 is 0 Å². The summed E-state index contributed by atoms with van der Waals surface area (Å²) in [6.07, 6.45) is 5.39. The fourth-order valence-electron chi connectivity index (χ4n) is 2.68. The van der Waals surface area contributed by atoms with Gasteiger partial charge in [0.25, 0.3) is 0 Å². The largest absolute Gasteiger partial charge is 0.307 e. The number of hydrogen-bond donors (Lipinski definition) is 1. The maximum Gasteiger partial charge on any atom is 0.173 e. The summed E-state index contributed by atoms with van der Waals surface area (Å²) in [4.78, 5) is 0. The molecule has 1 heterocycles. The van der Waals surface area contributed by atoms with Crippen LogP contribution in [0.25, 0.3) is 0 Å². The zero-order valence-electron chi connectivity index (χ0n) is 10.0. The smallest absolute Gasteiger partial charge is 0.173 e. The van der Waals surface area contributed by atoms with E-state index in [1.165, 1.54) is 24.7 Å². The van der Waals surface area contributed by atoms with Crippen molar-refractivity contribution in [1.29, 1.82) is 0 Å². The van der Waals surface area contributed by atoms with Gasteiger partial charge in [0.15, 0.2) is 9.84 Å². The van der Waals surface area contributed by atoms with Crippen LogP contribution in [0.3, 0.4) is 0 Å². The zero-order chi connectivity index (χ0) is 11.8. The predicted molar refractivity (Wildman–Crippen MR) is 65.8 cm³/mol. The second kappa shape index (κ2) is 4.49. The van der Waals surface area contributed by atoms with Crippen LogP contribution in [0.2, 0.25) is 0 Å². The van der Waals surface area contributed by atoms with Crippen molar-refractivity contribution in [2.24, 2.45) is 11.8 Å². The molecule has 3 nitrogen and oxygen atoms in total. The molecule has 0 aromatic rings. The van der Waals surface area contributed by atoms with Gasteiger partial charge in [-0.1, -0.05) is 19.9 Å². The highest BCUT2D eigenvalue weighted by atomic mass is 32.2. The molecule has 0 spiro atoms. The van der Waals surface area contributed by atoms with E-state index in [1.54, 1.807) is 6.08 Å². The number of sulfone groups is 1. The standard InChI is InChI=1S/C12H21NO2S/c1-9-3-4-11(7-10(9)2)13-12-5-6-16(14,15)8-12/h5-6,9-13H,3-4,7-8H2,1-2H3. The average molecular weight is 243 g/mol. The summed E-state index contributed by atoms with van der Waals surface area (Å²) >= 11 is 0. The summed E-state index contributed by atoms with van der Waals surface area (Å²) in [5.74, 6) is 1.79. The molecule has 1 saturated carbocycles. The van der Waals surface area contributed by atoms with Gasteiger partial charge in [-0.2, -0.15) is 0 Å². The van der Waals surface area contributed by atoms with Crippen LogP contribution in [0.5, 0.6) is 0 Å². The van der Waals surface area contributed by atoms with Crippen LogP contribution in [0.15, 0.2) is 11.5 Å². The molecule has 0 aromatic carbocycles. The molecule has 1 aliphatic carbocycles. The minimum Gasteiger partial charge on any atom is -0.307 e. The fourth-order valence-corrected chi connectivity index (χ4v) is 3.93. The van der Waals surface area contributed by atoms with Crippen LogP contribution in [-0.4, -0.2) is 26.3 Å². The van der Waals surface area contributed by atoms with Crippen LogP contribution in [-0.2, 0) is 9.84 Å². The van der Waals surface area contributed by atoms with Crippen molar-refractivity contribution < 1.29 is 8.42 Å². The lowest BCUT2D eigenvalue weighted by Crippen LogP contribution is -2.42. The van der Waals surface area contributed by atoms with E-state index in [0.717, 1.165) is 11.8 Å². The van der Waals surface area contributed by atoms with E-state index < -0.39 is 9.84 Å². The van der Waals surface area contributed by atoms with Crippen LogP contribution in [0.1, 0.15) is 33.1 Å². The van der Waals surface area contributed by atoms with E-state index in [1.807, 2.05) is 0 Å². The van der Waals surface area contributed by atoms with Gasteiger partial charge in [0, 0.05) is 17.5 Å². The molecule has 1 N–H and O–H groups in total. The normalized spacial score (nSPS) is 42.4. The Morgan fingerprint density at radius 2 is 1.94 bits per heavy atom. The molecule has 2 rings (SSSR count). The van der Waals surface area contributed by atoms with Crippen LogP contribution in [0, 0.1) is 11.8 Å². The highest BCUT2D eigenvalue weighted by molar-refractivity contribution is 7.94. The fraction of sp³-hybridized carbons (Fsp3) is 0.833. The van der Waals surface area contributed by atoms with Crippen molar-refractivity contribution in [1.82, 2.24) is 5.32 Å². The van der Waals surface area contributed by atoms with Crippen molar-refractivity contribution in [3.05, 3.63) is 11.5 Å². The average Bonchev–Trinajstić information content (AvgIpc) is 2.52. The Hall–Kier alpha value is -0.350. The lowest BCUT2D eigenvalue weighted by molar-refractivity contribution is 0.223.